The number of rotatable bonds is 7. The van der Waals surface area contributed by atoms with Crippen LogP contribution < -0.4 is 10.1 Å². The first-order valence-corrected chi connectivity index (χ1v) is 11.6. The molecule has 1 unspecified atom stereocenters. The number of benzene rings is 2. The van der Waals surface area contributed by atoms with E-state index >= 15 is 0 Å². The minimum atomic E-state index is 0.0482. The molecule has 1 atom stereocenters. The molecule has 2 aromatic carbocycles. The number of hydrogen-bond donors (Lipinski definition) is 1. The van der Waals surface area contributed by atoms with Gasteiger partial charge in [0.25, 0.3) is 0 Å². The first kappa shape index (κ1) is 20.7. The number of ether oxygens (including phenoxy) is 1. The monoisotopic (exact) mass is 416 g/mol. The lowest BCUT2D eigenvalue weighted by atomic mass is 10.0. The third-order valence-corrected chi connectivity index (χ3v) is 6.70. The third-order valence-electron chi connectivity index (χ3n) is 5.53. The predicted molar refractivity (Wildman–Crippen MR) is 125 cm³/mol. The first-order chi connectivity index (χ1) is 14.6. The van der Waals surface area contributed by atoms with E-state index in [9.17, 15) is 5.26 Å². The fourth-order valence-electron chi connectivity index (χ4n) is 4.18. The van der Waals surface area contributed by atoms with E-state index in [0.29, 0.717) is 17.4 Å². The largest absolute Gasteiger partial charge is 0.490 e. The van der Waals surface area contributed by atoms with Crippen molar-refractivity contribution in [1.82, 2.24) is 5.32 Å². The predicted octanol–water partition coefficient (Wildman–Crippen LogP) is 6.73. The second kappa shape index (κ2) is 9.04. The molecule has 0 amide bonds. The highest BCUT2D eigenvalue weighted by molar-refractivity contribution is 7.18. The summed E-state index contributed by atoms with van der Waals surface area (Å²) in [5, 5.41) is 13.2. The van der Waals surface area contributed by atoms with Gasteiger partial charge in [-0.2, -0.15) is 5.26 Å². The van der Waals surface area contributed by atoms with Crippen molar-refractivity contribution in [3.05, 3.63) is 65.2 Å². The summed E-state index contributed by atoms with van der Waals surface area (Å²) in [5.41, 5.74) is 5.94. The number of nitrogens with zero attached hydrogens (tertiary/aromatic N) is 1. The van der Waals surface area contributed by atoms with E-state index in [-0.39, 0.29) is 6.10 Å². The van der Waals surface area contributed by atoms with Crippen LogP contribution in [0.15, 0.2) is 48.5 Å². The quantitative estimate of drug-likeness (QED) is 0.464. The molecule has 0 saturated heterocycles. The van der Waals surface area contributed by atoms with Gasteiger partial charge in [0.2, 0.25) is 0 Å². The number of nitriles is 1. The fourth-order valence-corrected chi connectivity index (χ4v) is 5.24. The summed E-state index contributed by atoms with van der Waals surface area (Å²) in [4.78, 5) is 2.47. The maximum atomic E-state index is 9.55. The average molecular weight is 417 g/mol. The highest BCUT2D eigenvalue weighted by atomic mass is 32.1. The Balaban J connectivity index is 1.63. The van der Waals surface area contributed by atoms with Crippen LogP contribution in [0, 0.1) is 11.3 Å². The molecule has 4 rings (SSSR count). The normalized spacial score (nSPS) is 15.2. The average Bonchev–Trinajstić information content (AvgIpc) is 3.39. The van der Waals surface area contributed by atoms with Crippen LogP contribution in [0.2, 0.25) is 0 Å². The SMILES string of the molecule is CCCNC1CCc2c(-c3ccc(-c4ccc(OC(C)C)c(C#N)c4)s3)cccc21. The Kier molecular flexibility index (Phi) is 6.22. The van der Waals surface area contributed by atoms with Gasteiger partial charge in [0.05, 0.1) is 11.7 Å². The molecule has 154 valence electrons. The molecule has 0 spiro atoms. The molecule has 1 aliphatic rings. The Labute approximate surface area is 183 Å². The van der Waals surface area contributed by atoms with E-state index in [4.69, 9.17) is 4.74 Å². The molecule has 4 heteroatoms. The van der Waals surface area contributed by atoms with Crippen LogP contribution >= 0.6 is 11.3 Å². The smallest absolute Gasteiger partial charge is 0.137 e. The van der Waals surface area contributed by atoms with Crippen LogP contribution in [0.4, 0.5) is 0 Å². The molecule has 0 fully saturated rings. The minimum absolute atomic E-state index is 0.0482. The molecular weight excluding hydrogens is 388 g/mol. The number of fused-ring (bicyclic) bond motifs is 1. The molecule has 3 aromatic rings. The van der Waals surface area contributed by atoms with E-state index in [1.807, 2.05) is 32.0 Å². The van der Waals surface area contributed by atoms with Crippen molar-refractivity contribution >= 4 is 11.3 Å². The highest BCUT2D eigenvalue weighted by Crippen LogP contribution is 2.42. The van der Waals surface area contributed by atoms with E-state index in [1.165, 1.54) is 32.9 Å². The summed E-state index contributed by atoms with van der Waals surface area (Å²) in [7, 11) is 0. The van der Waals surface area contributed by atoms with Gasteiger partial charge >= 0.3 is 0 Å². The maximum absolute atomic E-state index is 9.55. The second-order valence-electron chi connectivity index (χ2n) is 8.07. The molecule has 1 aliphatic carbocycles. The van der Waals surface area contributed by atoms with Gasteiger partial charge in [-0.25, -0.2) is 0 Å². The zero-order chi connectivity index (χ0) is 21.1. The summed E-state index contributed by atoms with van der Waals surface area (Å²) in [6, 6.07) is 19.8. The fraction of sp³-hybridized carbons (Fsp3) is 0.346. The van der Waals surface area contributed by atoms with Gasteiger partial charge in [-0.05, 0) is 92.2 Å². The number of nitrogens with one attached hydrogen (secondary N) is 1. The van der Waals surface area contributed by atoms with E-state index in [1.54, 1.807) is 11.3 Å². The van der Waals surface area contributed by atoms with Crippen molar-refractivity contribution in [3.8, 4) is 32.7 Å². The lowest BCUT2D eigenvalue weighted by Crippen LogP contribution is -2.19. The summed E-state index contributed by atoms with van der Waals surface area (Å²) < 4.78 is 5.76. The van der Waals surface area contributed by atoms with Crippen LogP contribution in [0.1, 0.15) is 56.3 Å². The summed E-state index contributed by atoms with van der Waals surface area (Å²) in [6.45, 7) is 7.23. The van der Waals surface area contributed by atoms with E-state index < -0.39 is 0 Å². The molecule has 30 heavy (non-hydrogen) atoms. The summed E-state index contributed by atoms with van der Waals surface area (Å²) in [6.07, 6.45) is 3.51. The van der Waals surface area contributed by atoms with Crippen molar-refractivity contribution in [3.63, 3.8) is 0 Å². The molecular formula is C26H28N2OS. The van der Waals surface area contributed by atoms with Crippen LogP contribution in [0.5, 0.6) is 5.75 Å². The number of hydrogen-bond acceptors (Lipinski definition) is 4. The highest BCUT2D eigenvalue weighted by Gasteiger charge is 2.24. The Bertz CT molecular complexity index is 1080. The van der Waals surface area contributed by atoms with Gasteiger partial charge in [-0.1, -0.05) is 25.1 Å². The Hall–Kier alpha value is -2.61. The lowest BCUT2D eigenvalue weighted by Gasteiger charge is -2.14. The molecule has 1 N–H and O–H groups in total. The van der Waals surface area contributed by atoms with E-state index in [0.717, 1.165) is 24.9 Å². The van der Waals surface area contributed by atoms with Crippen molar-refractivity contribution in [1.29, 1.82) is 5.26 Å². The van der Waals surface area contributed by atoms with Gasteiger partial charge < -0.3 is 10.1 Å². The Morgan fingerprint density at radius 3 is 2.77 bits per heavy atom. The molecule has 0 bridgehead atoms. The van der Waals surface area contributed by atoms with Crippen LogP contribution in [-0.2, 0) is 6.42 Å². The molecule has 1 aromatic heterocycles. The van der Waals surface area contributed by atoms with Gasteiger partial charge in [0.1, 0.15) is 11.8 Å². The maximum Gasteiger partial charge on any atom is 0.137 e. The molecule has 0 aliphatic heterocycles. The van der Waals surface area contributed by atoms with Crippen LogP contribution in [-0.4, -0.2) is 12.6 Å². The summed E-state index contributed by atoms with van der Waals surface area (Å²) in [5.74, 6) is 0.652. The minimum Gasteiger partial charge on any atom is -0.490 e. The zero-order valence-electron chi connectivity index (χ0n) is 17.9. The van der Waals surface area contributed by atoms with Crippen molar-refractivity contribution < 1.29 is 4.74 Å². The van der Waals surface area contributed by atoms with Crippen molar-refractivity contribution in [2.24, 2.45) is 0 Å². The summed E-state index contributed by atoms with van der Waals surface area (Å²) >= 11 is 1.79. The van der Waals surface area contributed by atoms with Crippen LogP contribution in [0.25, 0.3) is 20.9 Å². The van der Waals surface area contributed by atoms with Gasteiger partial charge in [0.15, 0.2) is 0 Å². The standard InChI is InChI=1S/C26H28N2OS/c1-4-14-28-23-10-9-20-21(23)6-5-7-22(20)26-13-12-25(30-26)18-8-11-24(29-17(2)3)19(15-18)16-27/h5-8,11-13,15,17,23,28H,4,9-10,14H2,1-3H3. The van der Waals surface area contributed by atoms with Crippen LogP contribution in [0.3, 0.4) is 0 Å². The van der Waals surface area contributed by atoms with Crippen molar-refractivity contribution in [2.45, 2.75) is 52.2 Å². The number of thiophene rings is 1. The third kappa shape index (κ3) is 4.14. The Morgan fingerprint density at radius 2 is 2.00 bits per heavy atom. The molecule has 3 nitrogen and oxygen atoms in total. The molecule has 0 saturated carbocycles. The molecule has 0 radical (unpaired) electrons. The Morgan fingerprint density at radius 1 is 1.17 bits per heavy atom. The van der Waals surface area contributed by atoms with Gasteiger partial charge in [-0.15, -0.1) is 11.3 Å². The lowest BCUT2D eigenvalue weighted by molar-refractivity contribution is 0.242. The van der Waals surface area contributed by atoms with Gasteiger partial charge in [0, 0.05) is 15.8 Å². The first-order valence-electron chi connectivity index (χ1n) is 10.8. The second-order valence-corrected chi connectivity index (χ2v) is 9.16. The van der Waals surface area contributed by atoms with E-state index in [2.05, 4.69) is 48.6 Å². The zero-order valence-corrected chi connectivity index (χ0v) is 18.7. The van der Waals surface area contributed by atoms with Crippen molar-refractivity contribution in [2.75, 3.05) is 6.54 Å². The topological polar surface area (TPSA) is 45.0 Å². The molecule has 1 heterocycles. The van der Waals surface area contributed by atoms with Gasteiger partial charge in [-0.3, -0.25) is 0 Å².